The Balaban J connectivity index is 0.00000385. The molecule has 35 heavy (non-hydrogen) atoms. The number of hydrogen-bond donors (Lipinski definition) is 0. The van der Waals surface area contributed by atoms with Crippen molar-refractivity contribution < 1.29 is 21.2 Å². The van der Waals surface area contributed by atoms with E-state index in [1.54, 1.807) is 0 Å². The van der Waals surface area contributed by atoms with Crippen molar-refractivity contribution in [3.63, 3.8) is 0 Å². The van der Waals surface area contributed by atoms with Gasteiger partial charge in [0.2, 0.25) is 11.4 Å². The molecule has 0 unspecified atom stereocenters. The number of aryl methyl sites for hydroxylation is 4. The third-order valence-corrected chi connectivity index (χ3v) is 7.32. The Kier molecular flexibility index (Phi) is 13.1. The average Bonchev–Trinajstić information content (AvgIpc) is 3.03. The SMILES string of the molecule is CCCCC1=C(c2cc(C)c(C)c(C)c2)[N+](=[N-])C(c2cc(C)c(C)c(C)c2)=C1CCCC.[CH3-].[CH3-].[Ni+2]. The van der Waals surface area contributed by atoms with Crippen LogP contribution in [-0.4, -0.2) is 4.70 Å². The first kappa shape index (κ1) is 33.0. The minimum absolute atomic E-state index is 0. The molecule has 1 aliphatic rings. The smallest absolute Gasteiger partial charge is 0.493 e. The number of nitrogens with zero attached hydrogens (tertiary/aromatic N) is 2. The summed E-state index contributed by atoms with van der Waals surface area (Å²) in [4.78, 5) is 0. The first-order valence-corrected chi connectivity index (χ1v) is 12.3. The van der Waals surface area contributed by atoms with Crippen molar-refractivity contribution in [1.82, 2.24) is 0 Å². The Morgan fingerprint density at radius 2 is 0.886 bits per heavy atom. The van der Waals surface area contributed by atoms with Crippen molar-refractivity contribution in [3.8, 4) is 0 Å². The van der Waals surface area contributed by atoms with Gasteiger partial charge in [-0.2, -0.15) is 0 Å². The molecular weight excluding hydrogens is 471 g/mol. The molecule has 2 aromatic rings. The molecule has 0 N–H and O–H groups in total. The van der Waals surface area contributed by atoms with Crippen LogP contribution in [0.1, 0.15) is 96.9 Å². The van der Waals surface area contributed by atoms with E-state index >= 15 is 0 Å². The molecule has 0 aromatic heterocycles. The molecule has 0 spiro atoms. The van der Waals surface area contributed by atoms with Crippen LogP contribution in [-0.2, 0) is 16.5 Å². The molecule has 0 amide bonds. The number of allylic oxidation sites excluding steroid dienone is 2. The molecule has 0 atom stereocenters. The molecule has 0 radical (unpaired) electrons. The Bertz CT molecular complexity index is 985. The molecule has 0 aliphatic carbocycles. The maximum Gasteiger partial charge on any atom is 2.00 e. The summed E-state index contributed by atoms with van der Waals surface area (Å²) in [7, 11) is 0. The first-order valence-electron chi connectivity index (χ1n) is 12.3. The van der Waals surface area contributed by atoms with E-state index in [1.165, 1.54) is 49.2 Å². The van der Waals surface area contributed by atoms with Crippen LogP contribution in [0, 0.1) is 56.4 Å². The van der Waals surface area contributed by atoms with Crippen LogP contribution in [0.4, 0.5) is 0 Å². The van der Waals surface area contributed by atoms with Crippen LogP contribution >= 0.6 is 0 Å². The van der Waals surface area contributed by atoms with Crippen LogP contribution in [0.2, 0.25) is 0 Å². The Morgan fingerprint density at radius 1 is 0.600 bits per heavy atom. The molecule has 1 aliphatic heterocycles. The number of rotatable bonds is 8. The molecule has 0 saturated heterocycles. The number of benzene rings is 2. The van der Waals surface area contributed by atoms with Gasteiger partial charge >= 0.3 is 16.5 Å². The van der Waals surface area contributed by atoms with Crippen molar-refractivity contribution in [2.75, 3.05) is 0 Å². The summed E-state index contributed by atoms with van der Waals surface area (Å²) < 4.78 is 1.52. The van der Waals surface area contributed by atoms with Crippen molar-refractivity contribution in [3.05, 3.63) is 100 Å². The van der Waals surface area contributed by atoms with Crippen LogP contribution < -0.4 is 0 Å². The third-order valence-electron chi connectivity index (χ3n) is 7.32. The molecule has 194 valence electrons. The van der Waals surface area contributed by atoms with Gasteiger partial charge in [-0.3, -0.25) is 0 Å². The van der Waals surface area contributed by atoms with E-state index in [-0.39, 0.29) is 31.3 Å². The predicted octanol–water partition coefficient (Wildman–Crippen LogP) is 9.99. The molecule has 0 saturated carbocycles. The van der Waals surface area contributed by atoms with Gasteiger partial charge in [-0.05, 0) is 125 Å². The zero-order chi connectivity index (χ0) is 23.6. The van der Waals surface area contributed by atoms with Crippen molar-refractivity contribution in [2.24, 2.45) is 0 Å². The third kappa shape index (κ3) is 6.62. The van der Waals surface area contributed by atoms with Gasteiger partial charge in [0.15, 0.2) is 0 Å². The van der Waals surface area contributed by atoms with Crippen LogP contribution in [0.15, 0.2) is 35.4 Å². The molecule has 0 bridgehead atoms. The second-order valence-electron chi connectivity index (χ2n) is 9.64. The van der Waals surface area contributed by atoms with Gasteiger partial charge in [0, 0.05) is 22.3 Å². The molecule has 0 fully saturated rings. The van der Waals surface area contributed by atoms with E-state index in [2.05, 4.69) is 79.7 Å². The summed E-state index contributed by atoms with van der Waals surface area (Å²) in [6.07, 6.45) is 6.56. The standard InChI is InChI=1S/C30H40N2.2CH3.Ni/c1-9-11-13-27-28(14-12-10-2)30(26-17-21(5)24(8)22(6)18-26)32(31)29(27)25-15-19(3)23(7)20(4)16-25;;;/h15-18H,9-14H2,1-8H3;2*1H3;/q;2*-1;+2. The fourth-order valence-corrected chi connectivity index (χ4v) is 4.84. The van der Waals surface area contributed by atoms with Gasteiger partial charge in [-0.1, -0.05) is 26.7 Å². The minimum Gasteiger partial charge on any atom is -0.493 e. The summed E-state index contributed by atoms with van der Waals surface area (Å²) in [5.74, 6) is 0. The first-order chi connectivity index (χ1) is 15.2. The summed E-state index contributed by atoms with van der Waals surface area (Å²) >= 11 is 0. The van der Waals surface area contributed by atoms with Gasteiger partial charge in [0.25, 0.3) is 0 Å². The van der Waals surface area contributed by atoms with Crippen molar-refractivity contribution in [2.45, 2.75) is 93.9 Å². The summed E-state index contributed by atoms with van der Waals surface area (Å²) in [6.45, 7) is 17.5. The Labute approximate surface area is 226 Å². The fraction of sp³-hybridized carbons (Fsp3) is 0.438. The molecule has 2 nitrogen and oxygen atoms in total. The van der Waals surface area contributed by atoms with E-state index in [1.807, 2.05) is 0 Å². The van der Waals surface area contributed by atoms with E-state index < -0.39 is 0 Å². The maximum absolute atomic E-state index is 11.7. The quantitative estimate of drug-likeness (QED) is 0.189. The molecule has 1 heterocycles. The topological polar surface area (TPSA) is 25.3 Å². The number of hydrogen-bond acceptors (Lipinski definition) is 0. The van der Waals surface area contributed by atoms with E-state index in [9.17, 15) is 5.53 Å². The van der Waals surface area contributed by atoms with Crippen LogP contribution in [0.5, 0.6) is 0 Å². The van der Waals surface area contributed by atoms with Crippen LogP contribution in [0.3, 0.4) is 0 Å². The minimum atomic E-state index is 0. The molecule has 3 heteroatoms. The van der Waals surface area contributed by atoms with Gasteiger partial charge in [-0.15, -0.1) is 0 Å². The normalized spacial score (nSPS) is 13.0. The largest absolute Gasteiger partial charge is 2.00 e. The summed E-state index contributed by atoms with van der Waals surface area (Å²) in [5.41, 5.74) is 26.4. The van der Waals surface area contributed by atoms with E-state index in [4.69, 9.17) is 0 Å². The van der Waals surface area contributed by atoms with Gasteiger partial charge in [0.1, 0.15) is 0 Å². The van der Waals surface area contributed by atoms with Crippen molar-refractivity contribution in [1.29, 1.82) is 0 Å². The molecule has 3 rings (SSSR count). The van der Waals surface area contributed by atoms with E-state index in [0.717, 1.165) is 61.0 Å². The summed E-state index contributed by atoms with van der Waals surface area (Å²) in [6, 6.07) is 9.00. The fourth-order valence-electron chi connectivity index (χ4n) is 4.84. The van der Waals surface area contributed by atoms with Gasteiger partial charge in [-0.25, -0.2) is 4.70 Å². The zero-order valence-electron chi connectivity index (χ0n) is 23.8. The van der Waals surface area contributed by atoms with Crippen molar-refractivity contribution >= 4 is 11.4 Å². The molecular formula is C32H46N2Ni. The average molecular weight is 517 g/mol. The monoisotopic (exact) mass is 516 g/mol. The predicted molar refractivity (Wildman–Crippen MR) is 151 cm³/mol. The Hall–Kier alpha value is -1.99. The second-order valence-corrected chi connectivity index (χ2v) is 9.64. The zero-order valence-corrected chi connectivity index (χ0v) is 24.8. The van der Waals surface area contributed by atoms with E-state index in [0.29, 0.717) is 0 Å². The number of unbranched alkanes of at least 4 members (excludes halogenated alkanes) is 2. The second kappa shape index (κ2) is 13.9. The summed E-state index contributed by atoms with van der Waals surface area (Å²) in [5, 5.41) is 0. The molecule has 2 aromatic carbocycles. The van der Waals surface area contributed by atoms with Gasteiger partial charge < -0.3 is 20.4 Å². The van der Waals surface area contributed by atoms with Gasteiger partial charge in [0.05, 0.1) is 0 Å². The maximum atomic E-state index is 11.7. The Morgan fingerprint density at radius 3 is 1.14 bits per heavy atom. The van der Waals surface area contributed by atoms with Crippen LogP contribution in [0.25, 0.3) is 16.9 Å².